The third kappa shape index (κ3) is 2.35. The topological polar surface area (TPSA) is 49.3 Å². The molecule has 0 heterocycles. The average molecular weight is 247 g/mol. The number of carboxylic acids is 1. The summed E-state index contributed by atoms with van der Waals surface area (Å²) >= 11 is 0. The van der Waals surface area contributed by atoms with Crippen LogP contribution in [0.2, 0.25) is 0 Å². The first-order chi connectivity index (χ1) is 8.55. The summed E-state index contributed by atoms with van der Waals surface area (Å²) in [7, 11) is 0. The number of hydrogen-bond acceptors (Lipinski definition) is 2. The molecule has 0 aliphatic heterocycles. The molecule has 1 aromatic carbocycles. The zero-order valence-electron chi connectivity index (χ0n) is 11.1. The predicted molar refractivity (Wildman–Crippen MR) is 73.0 cm³/mol. The molecule has 98 valence electrons. The van der Waals surface area contributed by atoms with Crippen LogP contribution in [-0.2, 0) is 4.79 Å². The highest BCUT2D eigenvalue weighted by Crippen LogP contribution is 2.33. The normalized spacial score (nSPS) is 18.3. The van der Waals surface area contributed by atoms with Gasteiger partial charge < -0.3 is 10.4 Å². The largest absolute Gasteiger partial charge is 0.480 e. The molecule has 1 aliphatic carbocycles. The number of benzene rings is 1. The van der Waals surface area contributed by atoms with Crippen LogP contribution >= 0.6 is 0 Å². The lowest BCUT2D eigenvalue weighted by molar-refractivity contribution is -0.143. The van der Waals surface area contributed by atoms with Crippen LogP contribution in [0.15, 0.2) is 18.2 Å². The molecule has 2 rings (SSSR count). The van der Waals surface area contributed by atoms with Gasteiger partial charge in [-0.05, 0) is 43.9 Å². The van der Waals surface area contributed by atoms with Crippen LogP contribution in [0, 0.1) is 13.8 Å². The number of nitrogens with one attached hydrogen (secondary N) is 1. The molecule has 0 amide bonds. The van der Waals surface area contributed by atoms with Crippen molar-refractivity contribution < 1.29 is 9.90 Å². The number of aryl methyl sites for hydroxylation is 1. The molecule has 0 atom stereocenters. The lowest BCUT2D eigenvalue weighted by Gasteiger charge is -2.35. The van der Waals surface area contributed by atoms with Crippen molar-refractivity contribution in [1.29, 1.82) is 0 Å². The van der Waals surface area contributed by atoms with E-state index >= 15 is 0 Å². The highest BCUT2D eigenvalue weighted by atomic mass is 16.4. The van der Waals surface area contributed by atoms with Gasteiger partial charge in [-0.15, -0.1) is 0 Å². The van der Waals surface area contributed by atoms with Crippen LogP contribution in [0.5, 0.6) is 0 Å². The Morgan fingerprint density at radius 1 is 1.22 bits per heavy atom. The minimum atomic E-state index is -0.767. The maximum atomic E-state index is 11.6. The number of aliphatic carboxylic acids is 1. The Balaban J connectivity index is 2.29. The number of rotatable bonds is 3. The van der Waals surface area contributed by atoms with E-state index in [1.807, 2.05) is 19.1 Å². The molecule has 0 unspecified atom stereocenters. The van der Waals surface area contributed by atoms with Crippen molar-refractivity contribution in [1.82, 2.24) is 0 Å². The molecule has 1 saturated carbocycles. The second-order valence-corrected chi connectivity index (χ2v) is 5.32. The van der Waals surface area contributed by atoms with Gasteiger partial charge in [-0.2, -0.15) is 0 Å². The van der Waals surface area contributed by atoms with E-state index in [2.05, 4.69) is 18.3 Å². The summed E-state index contributed by atoms with van der Waals surface area (Å²) in [6.07, 6.45) is 4.56. The molecule has 3 nitrogen and oxygen atoms in total. The van der Waals surface area contributed by atoms with Crippen molar-refractivity contribution in [3.05, 3.63) is 29.3 Å². The van der Waals surface area contributed by atoms with Crippen molar-refractivity contribution in [3.8, 4) is 0 Å². The van der Waals surface area contributed by atoms with Gasteiger partial charge >= 0.3 is 5.97 Å². The van der Waals surface area contributed by atoms with E-state index < -0.39 is 11.5 Å². The van der Waals surface area contributed by atoms with Gasteiger partial charge in [0.05, 0.1) is 0 Å². The minimum Gasteiger partial charge on any atom is -0.480 e. The van der Waals surface area contributed by atoms with E-state index in [0.29, 0.717) is 0 Å². The summed E-state index contributed by atoms with van der Waals surface area (Å²) in [5, 5.41) is 12.9. The van der Waals surface area contributed by atoms with Crippen LogP contribution in [-0.4, -0.2) is 16.6 Å². The second-order valence-electron chi connectivity index (χ2n) is 5.32. The van der Waals surface area contributed by atoms with E-state index in [0.717, 1.165) is 43.4 Å². The van der Waals surface area contributed by atoms with Crippen molar-refractivity contribution in [2.24, 2.45) is 0 Å². The second kappa shape index (κ2) is 5.01. The molecule has 3 heteroatoms. The zero-order chi connectivity index (χ0) is 13.2. The van der Waals surface area contributed by atoms with E-state index in [9.17, 15) is 9.90 Å². The summed E-state index contributed by atoms with van der Waals surface area (Å²) in [5.74, 6) is -0.719. The number of anilines is 1. The van der Waals surface area contributed by atoms with Gasteiger partial charge in [0.2, 0.25) is 0 Å². The van der Waals surface area contributed by atoms with E-state index in [4.69, 9.17) is 0 Å². The Labute approximate surface area is 108 Å². The smallest absolute Gasteiger partial charge is 0.329 e. The van der Waals surface area contributed by atoms with Gasteiger partial charge in [0.1, 0.15) is 5.54 Å². The van der Waals surface area contributed by atoms with E-state index in [1.165, 1.54) is 5.56 Å². The van der Waals surface area contributed by atoms with Gasteiger partial charge in [0, 0.05) is 5.69 Å². The molecule has 1 fully saturated rings. The van der Waals surface area contributed by atoms with Gasteiger partial charge in [-0.1, -0.05) is 31.4 Å². The van der Waals surface area contributed by atoms with Gasteiger partial charge in [-0.3, -0.25) is 0 Å². The first-order valence-electron chi connectivity index (χ1n) is 6.63. The Morgan fingerprint density at radius 2 is 1.89 bits per heavy atom. The highest BCUT2D eigenvalue weighted by Gasteiger charge is 2.39. The first-order valence-corrected chi connectivity index (χ1v) is 6.63. The van der Waals surface area contributed by atoms with Crippen LogP contribution in [0.25, 0.3) is 0 Å². The molecule has 1 aliphatic rings. The average Bonchev–Trinajstić information content (AvgIpc) is 2.36. The van der Waals surface area contributed by atoms with Gasteiger partial charge in [-0.25, -0.2) is 4.79 Å². The number of hydrogen-bond donors (Lipinski definition) is 2. The standard InChI is InChI=1S/C15H21NO2/c1-11-7-6-8-13(12(11)2)16-15(14(17)18)9-4-3-5-10-15/h6-8,16H,3-5,9-10H2,1-2H3,(H,17,18). The molecule has 0 spiro atoms. The van der Waals surface area contributed by atoms with E-state index in [-0.39, 0.29) is 0 Å². The fourth-order valence-electron chi connectivity index (χ4n) is 2.69. The monoisotopic (exact) mass is 247 g/mol. The summed E-state index contributed by atoms with van der Waals surface area (Å²) in [6, 6.07) is 6.00. The molecular formula is C15H21NO2. The van der Waals surface area contributed by atoms with Crippen molar-refractivity contribution in [2.75, 3.05) is 5.32 Å². The van der Waals surface area contributed by atoms with E-state index in [1.54, 1.807) is 0 Å². The van der Waals surface area contributed by atoms with Crippen LogP contribution in [0.1, 0.15) is 43.2 Å². The highest BCUT2D eigenvalue weighted by molar-refractivity contribution is 5.83. The SMILES string of the molecule is Cc1cccc(NC2(C(=O)O)CCCCC2)c1C. The number of carboxylic acid groups (broad SMARTS) is 1. The first kappa shape index (κ1) is 12.9. The van der Waals surface area contributed by atoms with Gasteiger partial charge in [0.15, 0.2) is 0 Å². The van der Waals surface area contributed by atoms with Crippen molar-refractivity contribution in [3.63, 3.8) is 0 Å². The molecule has 18 heavy (non-hydrogen) atoms. The summed E-state index contributed by atoms with van der Waals surface area (Å²) in [6.45, 7) is 4.09. The maximum absolute atomic E-state index is 11.6. The fourth-order valence-corrected chi connectivity index (χ4v) is 2.69. The third-order valence-electron chi connectivity index (χ3n) is 4.10. The Hall–Kier alpha value is -1.51. The van der Waals surface area contributed by atoms with Crippen LogP contribution in [0.4, 0.5) is 5.69 Å². The molecule has 0 saturated heterocycles. The summed E-state index contributed by atoms with van der Waals surface area (Å²) < 4.78 is 0. The lowest BCUT2D eigenvalue weighted by Crippen LogP contribution is -2.48. The maximum Gasteiger partial charge on any atom is 0.329 e. The molecule has 2 N–H and O–H groups in total. The fraction of sp³-hybridized carbons (Fsp3) is 0.533. The Kier molecular flexibility index (Phi) is 3.60. The summed E-state index contributed by atoms with van der Waals surface area (Å²) in [5.41, 5.74) is 2.52. The van der Waals surface area contributed by atoms with Crippen LogP contribution < -0.4 is 5.32 Å². The van der Waals surface area contributed by atoms with Crippen molar-refractivity contribution >= 4 is 11.7 Å². The van der Waals surface area contributed by atoms with Gasteiger partial charge in [0.25, 0.3) is 0 Å². The van der Waals surface area contributed by atoms with Crippen LogP contribution in [0.3, 0.4) is 0 Å². The third-order valence-corrected chi connectivity index (χ3v) is 4.10. The Bertz CT molecular complexity index is 448. The predicted octanol–water partition coefficient (Wildman–Crippen LogP) is 3.50. The summed E-state index contributed by atoms with van der Waals surface area (Å²) in [4.78, 5) is 11.6. The molecular weight excluding hydrogens is 226 g/mol. The lowest BCUT2D eigenvalue weighted by atomic mass is 9.81. The van der Waals surface area contributed by atoms with Crippen molar-refractivity contribution in [2.45, 2.75) is 51.5 Å². The number of carbonyl (C=O) groups is 1. The minimum absolute atomic E-state index is 0.718. The molecule has 0 aromatic heterocycles. The Morgan fingerprint density at radius 3 is 2.50 bits per heavy atom. The zero-order valence-corrected chi connectivity index (χ0v) is 11.1. The molecule has 0 radical (unpaired) electrons. The molecule has 0 bridgehead atoms. The quantitative estimate of drug-likeness (QED) is 0.859. The molecule has 1 aromatic rings.